The van der Waals surface area contributed by atoms with E-state index >= 15 is 0 Å². The van der Waals surface area contributed by atoms with E-state index in [1.54, 1.807) is 0 Å². The quantitative estimate of drug-likeness (QED) is 0.867. The van der Waals surface area contributed by atoms with E-state index in [1.807, 2.05) is 38.1 Å². The van der Waals surface area contributed by atoms with E-state index in [1.165, 1.54) is 0 Å². The molecule has 0 saturated carbocycles. The minimum absolute atomic E-state index is 0.177. The fraction of sp³-hybridized carbons (Fsp3) is 0.357. The number of benzene rings is 1. The Morgan fingerprint density at radius 1 is 1.44 bits per heavy atom. The predicted molar refractivity (Wildman–Crippen MR) is 71.5 cm³/mol. The van der Waals surface area contributed by atoms with Gasteiger partial charge in [-0.15, -0.1) is 0 Å². The van der Waals surface area contributed by atoms with Crippen LogP contribution in [0.25, 0.3) is 11.0 Å². The second-order valence-corrected chi connectivity index (χ2v) is 4.60. The van der Waals surface area contributed by atoms with Crippen LogP contribution in [0.4, 0.5) is 0 Å². The first kappa shape index (κ1) is 12.6. The summed E-state index contributed by atoms with van der Waals surface area (Å²) < 4.78 is 5.58. The second kappa shape index (κ2) is 5.23. The lowest BCUT2D eigenvalue weighted by Gasteiger charge is -2.08. The zero-order valence-electron chi connectivity index (χ0n) is 10.7. The third-order valence-corrected chi connectivity index (χ3v) is 3.06. The average molecular weight is 246 g/mol. The number of carbonyl (C=O) groups excluding carboxylic acids is 1. The van der Waals surface area contributed by atoms with Crippen LogP contribution >= 0.6 is 0 Å². The van der Waals surface area contributed by atoms with Crippen LogP contribution in [-0.2, 0) is 0 Å². The molecule has 0 spiro atoms. The van der Waals surface area contributed by atoms with Crippen molar-refractivity contribution in [3.8, 4) is 0 Å². The summed E-state index contributed by atoms with van der Waals surface area (Å²) in [5.74, 6) is 0.475. The SMILES string of the molecule is Cc1c(C(=O)NCC(C)CN)oc2ccccc12. The minimum atomic E-state index is -0.177. The lowest BCUT2D eigenvalue weighted by molar-refractivity contribution is 0.0922. The number of amides is 1. The highest BCUT2D eigenvalue weighted by Crippen LogP contribution is 2.24. The largest absolute Gasteiger partial charge is 0.451 e. The molecule has 4 nitrogen and oxygen atoms in total. The molecular formula is C14H18N2O2. The predicted octanol–water partition coefficient (Wildman–Crippen LogP) is 2.07. The van der Waals surface area contributed by atoms with E-state index in [-0.39, 0.29) is 11.8 Å². The summed E-state index contributed by atoms with van der Waals surface area (Å²) in [5, 5.41) is 3.82. The second-order valence-electron chi connectivity index (χ2n) is 4.60. The molecular weight excluding hydrogens is 228 g/mol. The van der Waals surface area contributed by atoms with E-state index in [0.29, 0.717) is 18.8 Å². The first-order valence-corrected chi connectivity index (χ1v) is 6.10. The van der Waals surface area contributed by atoms with Crippen LogP contribution in [0.5, 0.6) is 0 Å². The molecule has 1 heterocycles. The maximum absolute atomic E-state index is 12.0. The molecule has 4 heteroatoms. The van der Waals surface area contributed by atoms with Crippen LogP contribution in [0, 0.1) is 12.8 Å². The molecule has 96 valence electrons. The number of nitrogens with one attached hydrogen (secondary N) is 1. The Morgan fingerprint density at radius 3 is 2.83 bits per heavy atom. The molecule has 2 rings (SSSR count). The number of aryl methyl sites for hydroxylation is 1. The molecule has 18 heavy (non-hydrogen) atoms. The van der Waals surface area contributed by atoms with Crippen molar-refractivity contribution in [1.29, 1.82) is 0 Å². The normalized spacial score (nSPS) is 12.6. The van der Waals surface area contributed by atoms with Crippen molar-refractivity contribution >= 4 is 16.9 Å². The van der Waals surface area contributed by atoms with E-state index in [9.17, 15) is 4.79 Å². The Labute approximate surface area is 106 Å². The molecule has 0 bridgehead atoms. The van der Waals surface area contributed by atoms with Crippen LogP contribution in [0.15, 0.2) is 28.7 Å². The molecule has 0 saturated heterocycles. The zero-order valence-corrected chi connectivity index (χ0v) is 10.7. The van der Waals surface area contributed by atoms with Crippen molar-refractivity contribution in [3.05, 3.63) is 35.6 Å². The van der Waals surface area contributed by atoms with Crippen LogP contribution < -0.4 is 11.1 Å². The molecule has 0 aliphatic rings. The Hall–Kier alpha value is -1.81. The monoisotopic (exact) mass is 246 g/mol. The first-order chi connectivity index (χ1) is 8.63. The van der Waals surface area contributed by atoms with Crippen LogP contribution in [0.1, 0.15) is 23.0 Å². The van der Waals surface area contributed by atoms with Gasteiger partial charge >= 0.3 is 0 Å². The molecule has 0 radical (unpaired) electrons. The van der Waals surface area contributed by atoms with Gasteiger partial charge in [-0.25, -0.2) is 0 Å². The molecule has 1 amide bonds. The van der Waals surface area contributed by atoms with Gasteiger partial charge in [-0.3, -0.25) is 4.79 Å². The summed E-state index contributed by atoms with van der Waals surface area (Å²) in [6, 6.07) is 7.64. The van der Waals surface area contributed by atoms with Gasteiger partial charge in [0.05, 0.1) is 0 Å². The number of fused-ring (bicyclic) bond motifs is 1. The summed E-state index contributed by atoms with van der Waals surface area (Å²) in [7, 11) is 0. The number of para-hydroxylation sites is 1. The minimum Gasteiger partial charge on any atom is -0.451 e. The van der Waals surface area contributed by atoms with Gasteiger partial charge < -0.3 is 15.5 Å². The fourth-order valence-corrected chi connectivity index (χ4v) is 1.82. The molecule has 3 N–H and O–H groups in total. The number of carbonyl (C=O) groups is 1. The Bertz CT molecular complexity index is 560. The molecule has 1 aromatic heterocycles. The van der Waals surface area contributed by atoms with Crippen molar-refractivity contribution < 1.29 is 9.21 Å². The third kappa shape index (κ3) is 2.38. The summed E-state index contributed by atoms with van der Waals surface area (Å²) in [6.07, 6.45) is 0. The summed E-state index contributed by atoms with van der Waals surface area (Å²) >= 11 is 0. The van der Waals surface area contributed by atoms with Crippen molar-refractivity contribution in [2.24, 2.45) is 11.7 Å². The Balaban J connectivity index is 2.20. The molecule has 0 aliphatic heterocycles. The highest BCUT2D eigenvalue weighted by atomic mass is 16.3. The van der Waals surface area contributed by atoms with E-state index in [4.69, 9.17) is 10.2 Å². The molecule has 1 aromatic carbocycles. The van der Waals surface area contributed by atoms with E-state index in [0.717, 1.165) is 16.5 Å². The summed E-state index contributed by atoms with van der Waals surface area (Å²) in [6.45, 7) is 5.00. The van der Waals surface area contributed by atoms with Crippen molar-refractivity contribution in [3.63, 3.8) is 0 Å². The summed E-state index contributed by atoms with van der Waals surface area (Å²) in [5.41, 5.74) is 7.13. The zero-order chi connectivity index (χ0) is 13.1. The van der Waals surface area contributed by atoms with Gasteiger partial charge in [-0.2, -0.15) is 0 Å². The number of hydrogen-bond donors (Lipinski definition) is 2. The van der Waals surface area contributed by atoms with Crippen molar-refractivity contribution in [2.75, 3.05) is 13.1 Å². The molecule has 1 atom stereocenters. The highest BCUT2D eigenvalue weighted by Gasteiger charge is 2.17. The average Bonchev–Trinajstić information content (AvgIpc) is 2.73. The Kier molecular flexibility index (Phi) is 3.67. The standard InChI is InChI=1S/C14H18N2O2/c1-9(7-15)8-16-14(17)13-10(2)11-5-3-4-6-12(11)18-13/h3-6,9H,7-8,15H2,1-2H3,(H,16,17). The number of nitrogens with two attached hydrogens (primary N) is 1. The number of rotatable bonds is 4. The first-order valence-electron chi connectivity index (χ1n) is 6.10. The van der Waals surface area contributed by atoms with Gasteiger partial charge in [0.25, 0.3) is 5.91 Å². The van der Waals surface area contributed by atoms with Gasteiger partial charge in [0.2, 0.25) is 0 Å². The molecule has 0 fully saturated rings. The number of hydrogen-bond acceptors (Lipinski definition) is 3. The topological polar surface area (TPSA) is 68.3 Å². The van der Waals surface area contributed by atoms with Crippen molar-refractivity contribution in [2.45, 2.75) is 13.8 Å². The van der Waals surface area contributed by atoms with Crippen LogP contribution in [0.3, 0.4) is 0 Å². The third-order valence-electron chi connectivity index (χ3n) is 3.06. The van der Waals surface area contributed by atoms with Crippen LogP contribution in [0.2, 0.25) is 0 Å². The summed E-state index contributed by atoms with van der Waals surface area (Å²) in [4.78, 5) is 12.0. The van der Waals surface area contributed by atoms with Crippen molar-refractivity contribution in [1.82, 2.24) is 5.32 Å². The lowest BCUT2D eigenvalue weighted by atomic mass is 10.1. The van der Waals surface area contributed by atoms with Gasteiger partial charge in [0.1, 0.15) is 5.58 Å². The van der Waals surface area contributed by atoms with Gasteiger partial charge in [0.15, 0.2) is 5.76 Å². The van der Waals surface area contributed by atoms with Gasteiger partial charge in [-0.1, -0.05) is 25.1 Å². The van der Waals surface area contributed by atoms with Gasteiger partial charge in [0, 0.05) is 17.5 Å². The maximum atomic E-state index is 12.0. The van der Waals surface area contributed by atoms with Gasteiger partial charge in [-0.05, 0) is 25.5 Å². The Morgan fingerprint density at radius 2 is 2.17 bits per heavy atom. The molecule has 2 aromatic rings. The molecule has 0 aliphatic carbocycles. The van der Waals surface area contributed by atoms with E-state index in [2.05, 4.69) is 5.32 Å². The van der Waals surface area contributed by atoms with E-state index < -0.39 is 0 Å². The smallest absolute Gasteiger partial charge is 0.287 e. The number of furan rings is 1. The van der Waals surface area contributed by atoms with Crippen LogP contribution in [-0.4, -0.2) is 19.0 Å². The maximum Gasteiger partial charge on any atom is 0.287 e. The highest BCUT2D eigenvalue weighted by molar-refractivity contribution is 5.98. The lowest BCUT2D eigenvalue weighted by Crippen LogP contribution is -2.31. The fourth-order valence-electron chi connectivity index (χ4n) is 1.82. The molecule has 1 unspecified atom stereocenters.